The van der Waals surface area contributed by atoms with Crippen LogP contribution < -0.4 is 5.73 Å². The number of hydrogen-bond donors (Lipinski definition) is 1. The highest BCUT2D eigenvalue weighted by molar-refractivity contribution is 4.83. The van der Waals surface area contributed by atoms with Gasteiger partial charge in [-0.25, -0.2) is 0 Å². The standard InChI is InChI=1S/C12H25N3O/c1-14-5-3-11(4-6-14)15(2)7-10-8-16-9-12(10)13/h10-12H,3-9,13H2,1-2H3. The van der Waals surface area contributed by atoms with Crippen LogP contribution in [-0.2, 0) is 4.74 Å². The maximum atomic E-state index is 6.02. The van der Waals surface area contributed by atoms with Gasteiger partial charge in [-0.3, -0.25) is 0 Å². The van der Waals surface area contributed by atoms with Gasteiger partial charge in [0.1, 0.15) is 0 Å². The van der Waals surface area contributed by atoms with E-state index in [4.69, 9.17) is 10.5 Å². The molecule has 0 aromatic rings. The summed E-state index contributed by atoms with van der Waals surface area (Å²) < 4.78 is 5.41. The van der Waals surface area contributed by atoms with Crippen LogP contribution in [0.4, 0.5) is 0 Å². The first kappa shape index (κ1) is 12.3. The number of nitrogens with two attached hydrogens (primary N) is 1. The topological polar surface area (TPSA) is 41.7 Å². The number of rotatable bonds is 3. The van der Waals surface area contributed by atoms with Crippen LogP contribution in [0.1, 0.15) is 12.8 Å². The molecule has 0 amide bonds. The van der Waals surface area contributed by atoms with Gasteiger partial charge in [-0.15, -0.1) is 0 Å². The molecule has 2 unspecified atom stereocenters. The number of piperidine rings is 1. The molecule has 2 heterocycles. The minimum Gasteiger partial charge on any atom is -0.379 e. The number of hydrogen-bond acceptors (Lipinski definition) is 4. The first-order chi connectivity index (χ1) is 7.66. The van der Waals surface area contributed by atoms with E-state index in [1.165, 1.54) is 25.9 Å². The summed E-state index contributed by atoms with van der Waals surface area (Å²) in [4.78, 5) is 4.90. The Kier molecular flexibility index (Phi) is 4.19. The lowest BCUT2D eigenvalue weighted by Crippen LogP contribution is -2.45. The molecule has 0 spiro atoms. The zero-order valence-corrected chi connectivity index (χ0v) is 10.6. The Labute approximate surface area is 98.7 Å². The summed E-state index contributed by atoms with van der Waals surface area (Å²) in [5.41, 5.74) is 6.02. The number of nitrogens with zero attached hydrogens (tertiary/aromatic N) is 2. The summed E-state index contributed by atoms with van der Waals surface area (Å²) in [6.45, 7) is 5.13. The maximum absolute atomic E-state index is 6.02. The first-order valence-corrected chi connectivity index (χ1v) is 6.39. The van der Waals surface area contributed by atoms with E-state index in [1.54, 1.807) is 0 Å². The lowest BCUT2D eigenvalue weighted by atomic mass is 10.00. The molecule has 2 N–H and O–H groups in total. The quantitative estimate of drug-likeness (QED) is 0.736. The van der Waals surface area contributed by atoms with E-state index in [-0.39, 0.29) is 6.04 Å². The lowest BCUT2D eigenvalue weighted by molar-refractivity contribution is 0.119. The summed E-state index contributed by atoms with van der Waals surface area (Å²) in [5, 5.41) is 0. The van der Waals surface area contributed by atoms with Crippen molar-refractivity contribution in [3.8, 4) is 0 Å². The fourth-order valence-corrected chi connectivity index (χ4v) is 2.76. The molecule has 0 radical (unpaired) electrons. The second-order valence-electron chi connectivity index (χ2n) is 5.44. The third-order valence-electron chi connectivity index (χ3n) is 4.08. The molecule has 4 nitrogen and oxygen atoms in total. The van der Waals surface area contributed by atoms with Crippen LogP contribution in [-0.4, -0.2) is 68.8 Å². The van der Waals surface area contributed by atoms with E-state index < -0.39 is 0 Å². The summed E-state index contributed by atoms with van der Waals surface area (Å²) in [5.74, 6) is 0.532. The Bertz CT molecular complexity index is 216. The van der Waals surface area contributed by atoms with Crippen molar-refractivity contribution in [3.63, 3.8) is 0 Å². The van der Waals surface area contributed by atoms with Crippen LogP contribution in [0.2, 0.25) is 0 Å². The minimum absolute atomic E-state index is 0.244. The Hall–Kier alpha value is -0.160. The van der Waals surface area contributed by atoms with Crippen molar-refractivity contribution in [3.05, 3.63) is 0 Å². The molecule has 4 heteroatoms. The van der Waals surface area contributed by atoms with E-state index in [1.807, 2.05) is 0 Å². The molecular formula is C12H25N3O. The van der Waals surface area contributed by atoms with Crippen molar-refractivity contribution in [1.82, 2.24) is 9.80 Å². The van der Waals surface area contributed by atoms with Gasteiger partial charge in [0.15, 0.2) is 0 Å². The van der Waals surface area contributed by atoms with Crippen LogP contribution in [0.15, 0.2) is 0 Å². The van der Waals surface area contributed by atoms with Crippen molar-refractivity contribution in [2.75, 3.05) is 46.9 Å². The van der Waals surface area contributed by atoms with E-state index >= 15 is 0 Å². The molecule has 0 aromatic heterocycles. The van der Waals surface area contributed by atoms with Gasteiger partial charge in [0.05, 0.1) is 13.2 Å². The molecule has 0 aromatic carbocycles. The third kappa shape index (κ3) is 2.94. The van der Waals surface area contributed by atoms with Crippen LogP contribution in [0.5, 0.6) is 0 Å². The summed E-state index contributed by atoms with van der Waals surface area (Å²) in [6.07, 6.45) is 2.58. The molecule has 2 fully saturated rings. The summed E-state index contributed by atoms with van der Waals surface area (Å²) >= 11 is 0. The SMILES string of the molecule is CN1CCC(N(C)CC2COCC2N)CC1. The van der Waals surface area contributed by atoms with Crippen molar-refractivity contribution in [2.24, 2.45) is 11.7 Å². The molecule has 2 rings (SSSR count). The van der Waals surface area contributed by atoms with Gasteiger partial charge in [0, 0.05) is 24.5 Å². The summed E-state index contributed by atoms with van der Waals surface area (Å²) in [6, 6.07) is 0.984. The molecule has 2 aliphatic heterocycles. The van der Waals surface area contributed by atoms with Gasteiger partial charge in [-0.05, 0) is 40.0 Å². The molecular weight excluding hydrogens is 202 g/mol. The molecule has 0 saturated carbocycles. The van der Waals surface area contributed by atoms with Crippen LogP contribution in [0, 0.1) is 5.92 Å². The highest BCUT2D eigenvalue weighted by Crippen LogP contribution is 2.18. The Morgan fingerprint density at radius 1 is 1.31 bits per heavy atom. The van der Waals surface area contributed by atoms with Crippen LogP contribution in [0.3, 0.4) is 0 Å². The third-order valence-corrected chi connectivity index (χ3v) is 4.08. The largest absolute Gasteiger partial charge is 0.379 e. The van der Waals surface area contributed by atoms with E-state index in [2.05, 4.69) is 23.9 Å². The summed E-state index contributed by atoms with van der Waals surface area (Å²) in [7, 11) is 4.44. The normalized spacial score (nSPS) is 33.8. The van der Waals surface area contributed by atoms with Crippen molar-refractivity contribution in [1.29, 1.82) is 0 Å². The van der Waals surface area contributed by atoms with Crippen molar-refractivity contribution in [2.45, 2.75) is 24.9 Å². The molecule has 94 valence electrons. The molecule has 2 saturated heterocycles. The van der Waals surface area contributed by atoms with E-state index in [0.29, 0.717) is 5.92 Å². The van der Waals surface area contributed by atoms with Gasteiger partial charge in [0.25, 0.3) is 0 Å². The van der Waals surface area contributed by atoms with Gasteiger partial charge in [-0.2, -0.15) is 0 Å². The van der Waals surface area contributed by atoms with Gasteiger partial charge < -0.3 is 20.3 Å². The molecule has 0 aliphatic carbocycles. The second kappa shape index (κ2) is 5.45. The zero-order valence-electron chi connectivity index (χ0n) is 10.6. The van der Waals surface area contributed by atoms with Crippen molar-refractivity contribution >= 4 is 0 Å². The van der Waals surface area contributed by atoms with E-state index in [0.717, 1.165) is 25.8 Å². The number of ether oxygens (including phenoxy) is 1. The first-order valence-electron chi connectivity index (χ1n) is 6.39. The van der Waals surface area contributed by atoms with Crippen LogP contribution >= 0.6 is 0 Å². The lowest BCUT2D eigenvalue weighted by Gasteiger charge is -2.36. The molecule has 2 atom stereocenters. The highest BCUT2D eigenvalue weighted by atomic mass is 16.5. The predicted molar refractivity (Wildman–Crippen MR) is 65.4 cm³/mol. The smallest absolute Gasteiger partial charge is 0.0621 e. The Morgan fingerprint density at radius 3 is 2.56 bits per heavy atom. The average molecular weight is 227 g/mol. The monoisotopic (exact) mass is 227 g/mol. The fourth-order valence-electron chi connectivity index (χ4n) is 2.76. The molecule has 16 heavy (non-hydrogen) atoms. The minimum atomic E-state index is 0.244. The molecule has 0 bridgehead atoms. The fraction of sp³-hybridized carbons (Fsp3) is 1.00. The molecule has 2 aliphatic rings. The predicted octanol–water partition coefficient (Wildman–Crippen LogP) is -0.0139. The number of likely N-dealkylation sites (tertiary alicyclic amines) is 1. The zero-order chi connectivity index (χ0) is 11.5. The van der Waals surface area contributed by atoms with Gasteiger partial charge >= 0.3 is 0 Å². The Morgan fingerprint density at radius 2 is 2.00 bits per heavy atom. The van der Waals surface area contributed by atoms with Gasteiger partial charge in [-0.1, -0.05) is 0 Å². The highest BCUT2D eigenvalue weighted by Gasteiger charge is 2.28. The van der Waals surface area contributed by atoms with Crippen molar-refractivity contribution < 1.29 is 4.74 Å². The average Bonchev–Trinajstić information content (AvgIpc) is 2.65. The van der Waals surface area contributed by atoms with Gasteiger partial charge in [0.2, 0.25) is 0 Å². The van der Waals surface area contributed by atoms with E-state index in [9.17, 15) is 0 Å². The maximum Gasteiger partial charge on any atom is 0.0621 e. The second-order valence-corrected chi connectivity index (χ2v) is 5.44. The Balaban J connectivity index is 1.76. The van der Waals surface area contributed by atoms with Crippen LogP contribution in [0.25, 0.3) is 0 Å².